The lowest BCUT2D eigenvalue weighted by Crippen LogP contribution is -2.43. The molecule has 17 heteroatoms. The van der Waals surface area contributed by atoms with Crippen molar-refractivity contribution < 1.29 is 53.2 Å². The van der Waals surface area contributed by atoms with E-state index < -0.39 is 71.2 Å². The summed E-state index contributed by atoms with van der Waals surface area (Å²) >= 11 is 0. The van der Waals surface area contributed by atoms with Gasteiger partial charge in [0.1, 0.15) is 18.1 Å². The number of hydrogen-bond donors (Lipinski definition) is 5. The Balaban J connectivity index is 1.81. The van der Waals surface area contributed by atoms with Gasteiger partial charge in [-0.15, -0.1) is 0 Å². The molecule has 0 bridgehead atoms. The minimum atomic E-state index is -1.14. The van der Waals surface area contributed by atoms with Crippen LogP contribution in [0.1, 0.15) is 77.2 Å². The van der Waals surface area contributed by atoms with Gasteiger partial charge in [0.2, 0.25) is 23.6 Å². The van der Waals surface area contributed by atoms with E-state index in [1.165, 1.54) is 43.3 Å². The van der Waals surface area contributed by atoms with Crippen LogP contribution in [0.5, 0.6) is 5.75 Å². The number of rotatable bonds is 22. The van der Waals surface area contributed by atoms with E-state index in [-0.39, 0.29) is 43.1 Å². The Morgan fingerprint density at radius 1 is 0.843 bits per heavy atom. The fraction of sp³-hybridized carbons (Fsp3) is 0.441. The Morgan fingerprint density at radius 3 is 2.06 bits per heavy atom. The molecular weight excluding hydrogens is 670 g/mol. The summed E-state index contributed by atoms with van der Waals surface area (Å²) in [5.41, 5.74) is 7.56. The van der Waals surface area contributed by atoms with Gasteiger partial charge in [-0.3, -0.25) is 44.1 Å². The van der Waals surface area contributed by atoms with Crippen LogP contribution in [0.2, 0.25) is 0 Å². The first-order chi connectivity index (χ1) is 24.2. The van der Waals surface area contributed by atoms with Gasteiger partial charge in [0.25, 0.3) is 5.69 Å². The highest BCUT2D eigenvalue weighted by atomic mass is 16.7. The van der Waals surface area contributed by atoms with Gasteiger partial charge in [0, 0.05) is 55.8 Å². The number of primary amides is 1. The van der Waals surface area contributed by atoms with Crippen molar-refractivity contribution in [3.05, 3.63) is 64.2 Å². The minimum Gasteiger partial charge on any atom is -0.429 e. The Hall–Kier alpha value is -5.71. The van der Waals surface area contributed by atoms with Gasteiger partial charge >= 0.3 is 6.16 Å². The quantitative estimate of drug-likeness (QED) is 0.0292. The fourth-order valence-electron chi connectivity index (χ4n) is 4.74. The topological polar surface area (TPSA) is 263 Å². The van der Waals surface area contributed by atoms with Crippen LogP contribution in [-0.2, 0) is 40.1 Å². The average molecular weight is 714 g/mol. The summed E-state index contributed by atoms with van der Waals surface area (Å²) in [7, 11) is 0. The SMILES string of the molecule is C[C@H](CC(=O)CCCCCCC(=O)NO)C(=O)N[C@@H](C)C(=O)C[C@@H](CC(N)=O)C(=O)Nc1ccc(COC(=O)Oc2ccc([N+](=O)[O-])cc2)cc1. The zero-order chi connectivity index (χ0) is 37.9. The smallest absolute Gasteiger partial charge is 0.429 e. The van der Waals surface area contributed by atoms with E-state index in [2.05, 4.69) is 10.6 Å². The number of ketones is 2. The van der Waals surface area contributed by atoms with Gasteiger partial charge in [-0.25, -0.2) is 10.3 Å². The van der Waals surface area contributed by atoms with E-state index in [1.54, 1.807) is 24.5 Å². The Labute approximate surface area is 293 Å². The molecule has 2 aromatic carbocycles. The first kappa shape index (κ1) is 41.5. The molecule has 0 aromatic heterocycles. The van der Waals surface area contributed by atoms with Gasteiger partial charge < -0.3 is 25.8 Å². The Morgan fingerprint density at radius 2 is 1.47 bits per heavy atom. The van der Waals surface area contributed by atoms with E-state index in [0.717, 1.165) is 0 Å². The van der Waals surface area contributed by atoms with Gasteiger partial charge in [-0.2, -0.15) is 0 Å². The van der Waals surface area contributed by atoms with Crippen LogP contribution in [0.3, 0.4) is 0 Å². The second-order valence-corrected chi connectivity index (χ2v) is 11.9. The predicted molar refractivity (Wildman–Crippen MR) is 180 cm³/mol. The number of carbonyl (C=O) groups is 7. The minimum absolute atomic E-state index is 0.0243. The number of nitrogens with zero attached hydrogens (tertiary/aromatic N) is 1. The lowest BCUT2D eigenvalue weighted by molar-refractivity contribution is -0.384. The molecule has 0 aliphatic heterocycles. The molecule has 276 valence electrons. The van der Waals surface area contributed by atoms with Crippen LogP contribution in [0.25, 0.3) is 0 Å². The van der Waals surface area contributed by atoms with Crippen molar-refractivity contribution in [1.82, 2.24) is 10.8 Å². The number of carbonyl (C=O) groups excluding carboxylic acids is 7. The molecule has 3 atom stereocenters. The molecular formula is C34H43N5O12. The summed E-state index contributed by atoms with van der Waals surface area (Å²) < 4.78 is 10.0. The lowest BCUT2D eigenvalue weighted by Gasteiger charge is -2.20. The molecule has 2 aromatic rings. The van der Waals surface area contributed by atoms with Crippen molar-refractivity contribution in [2.45, 2.75) is 84.3 Å². The zero-order valence-corrected chi connectivity index (χ0v) is 28.4. The van der Waals surface area contributed by atoms with Crippen molar-refractivity contribution in [3.63, 3.8) is 0 Å². The molecule has 0 fully saturated rings. The summed E-state index contributed by atoms with van der Waals surface area (Å²) in [6, 6.07) is 9.94. The van der Waals surface area contributed by atoms with E-state index in [0.29, 0.717) is 36.9 Å². The highest BCUT2D eigenvalue weighted by molar-refractivity contribution is 5.99. The molecule has 0 radical (unpaired) electrons. The third kappa shape index (κ3) is 16.0. The van der Waals surface area contributed by atoms with Gasteiger partial charge in [-0.05, 0) is 49.6 Å². The number of nitro groups is 1. The fourth-order valence-corrected chi connectivity index (χ4v) is 4.74. The highest BCUT2D eigenvalue weighted by Gasteiger charge is 2.28. The number of unbranched alkanes of at least 4 members (excludes halogenated alkanes) is 3. The van der Waals surface area contributed by atoms with Crippen molar-refractivity contribution in [2.75, 3.05) is 5.32 Å². The molecule has 0 unspecified atom stereocenters. The van der Waals surface area contributed by atoms with E-state index in [9.17, 15) is 43.7 Å². The summed E-state index contributed by atoms with van der Waals surface area (Å²) in [6.07, 6.45) is 1.16. The first-order valence-electron chi connectivity index (χ1n) is 16.2. The highest BCUT2D eigenvalue weighted by Crippen LogP contribution is 2.19. The Bertz CT molecular complexity index is 1550. The number of nitro benzene ring substituents is 1. The molecule has 6 N–H and O–H groups in total. The van der Waals surface area contributed by atoms with Crippen LogP contribution in [0, 0.1) is 22.0 Å². The number of ether oxygens (including phenoxy) is 2. The van der Waals surface area contributed by atoms with Crippen molar-refractivity contribution >= 4 is 52.7 Å². The van der Waals surface area contributed by atoms with Crippen molar-refractivity contribution in [3.8, 4) is 5.75 Å². The predicted octanol–water partition coefficient (Wildman–Crippen LogP) is 3.65. The normalized spacial score (nSPS) is 12.4. The average Bonchev–Trinajstić information content (AvgIpc) is 3.08. The monoisotopic (exact) mass is 713 g/mol. The second kappa shape index (κ2) is 21.4. The number of nitrogens with one attached hydrogen (secondary N) is 3. The number of benzene rings is 2. The molecule has 0 aliphatic rings. The van der Waals surface area contributed by atoms with Gasteiger partial charge in [-0.1, -0.05) is 31.9 Å². The number of nitrogens with two attached hydrogens (primary N) is 1. The van der Waals surface area contributed by atoms with Crippen LogP contribution < -0.4 is 26.6 Å². The van der Waals surface area contributed by atoms with E-state index in [4.69, 9.17) is 20.4 Å². The van der Waals surface area contributed by atoms with Crippen molar-refractivity contribution in [2.24, 2.45) is 17.6 Å². The van der Waals surface area contributed by atoms with Crippen LogP contribution >= 0.6 is 0 Å². The summed E-state index contributed by atoms with van der Waals surface area (Å²) in [5.74, 6) is -4.89. The molecule has 0 saturated heterocycles. The molecule has 4 amide bonds. The maximum absolute atomic E-state index is 13.0. The maximum Gasteiger partial charge on any atom is 0.514 e. The third-order valence-corrected chi connectivity index (χ3v) is 7.65. The number of Topliss-reactive ketones (excluding diaryl/α,β-unsaturated/α-hetero) is 2. The van der Waals surface area contributed by atoms with Gasteiger partial charge in [0.05, 0.1) is 16.9 Å². The molecule has 17 nitrogen and oxygen atoms in total. The summed E-state index contributed by atoms with van der Waals surface area (Å²) in [6.45, 7) is 2.81. The maximum atomic E-state index is 13.0. The molecule has 2 rings (SSSR count). The first-order valence-corrected chi connectivity index (χ1v) is 16.2. The largest absolute Gasteiger partial charge is 0.514 e. The van der Waals surface area contributed by atoms with Crippen LogP contribution in [-0.4, -0.2) is 57.5 Å². The zero-order valence-electron chi connectivity index (χ0n) is 28.4. The number of anilines is 1. The Kier molecular flexibility index (Phi) is 17.4. The van der Waals surface area contributed by atoms with Crippen molar-refractivity contribution in [1.29, 1.82) is 0 Å². The van der Waals surface area contributed by atoms with E-state index >= 15 is 0 Å². The molecule has 0 saturated carbocycles. The van der Waals surface area contributed by atoms with Gasteiger partial charge in [0.15, 0.2) is 5.78 Å². The molecule has 51 heavy (non-hydrogen) atoms. The molecule has 0 spiro atoms. The van der Waals surface area contributed by atoms with Crippen LogP contribution in [0.15, 0.2) is 48.5 Å². The summed E-state index contributed by atoms with van der Waals surface area (Å²) in [4.78, 5) is 95.8. The third-order valence-electron chi connectivity index (χ3n) is 7.65. The molecule has 0 aliphatic carbocycles. The standard InChI is InChI=1S/C34H43N5O12/c1-21(17-27(40)7-5-3-4-6-8-31(43)38-47)32(44)36-22(2)29(41)18-24(19-30(35)42)33(45)37-25-11-9-23(10-12-25)20-50-34(46)51-28-15-13-26(14-16-28)39(48)49/h9-16,21-22,24,47H,3-8,17-20H2,1-2H3,(H2,35,42)(H,36,44)(H,37,45)(H,38,43)/t21-,22+,24+/m1/s1. The second-order valence-electron chi connectivity index (χ2n) is 11.9. The summed E-state index contributed by atoms with van der Waals surface area (Å²) in [5, 5.41) is 24.4. The molecule has 0 heterocycles. The van der Waals surface area contributed by atoms with E-state index in [1.807, 2.05) is 0 Å². The number of non-ortho nitro benzene ring substituents is 1. The number of hydroxylamine groups is 1. The van der Waals surface area contributed by atoms with Crippen LogP contribution in [0.4, 0.5) is 16.2 Å². The lowest BCUT2D eigenvalue weighted by atomic mass is 9.94. The number of hydrogen-bond acceptors (Lipinski definition) is 12. The number of amides is 4.